The lowest BCUT2D eigenvalue weighted by molar-refractivity contribution is -0.120. The fourth-order valence-corrected chi connectivity index (χ4v) is 9.44. The number of nitrogens with zero attached hydrogens (tertiary/aromatic N) is 6. The molecule has 2 aliphatic heterocycles. The zero-order valence-electron chi connectivity index (χ0n) is 38.1. The molecule has 2 atom stereocenters. The number of thioether (sulfide) groups is 2. The predicted octanol–water partition coefficient (Wildman–Crippen LogP) is 10.5. The smallest absolute Gasteiger partial charge is 0.408 e. The Morgan fingerprint density at radius 3 is 1.46 bits per heavy atom. The van der Waals surface area contributed by atoms with Crippen molar-refractivity contribution in [1.82, 2.24) is 31.0 Å². The van der Waals surface area contributed by atoms with Gasteiger partial charge in [0.2, 0.25) is 0 Å². The maximum absolute atomic E-state index is 15.0. The van der Waals surface area contributed by atoms with Crippen LogP contribution < -0.4 is 26.2 Å². The van der Waals surface area contributed by atoms with E-state index in [1.165, 1.54) is 57.6 Å². The molecule has 70 heavy (non-hydrogen) atoms. The van der Waals surface area contributed by atoms with Crippen LogP contribution in [0.2, 0.25) is 10.0 Å². The molecular weight excluding hydrogens is 1060 g/mol. The molecule has 0 bridgehead atoms. The van der Waals surface area contributed by atoms with Crippen LogP contribution in [0.5, 0.6) is 0 Å². The zero-order chi connectivity index (χ0) is 50.7. The van der Waals surface area contributed by atoms with Crippen molar-refractivity contribution in [2.45, 2.75) is 87.7 Å². The number of carbonyl (C=O) groups is 4. The average Bonchev–Trinajstić information content (AvgIpc) is 3.86. The molecule has 4 amide bonds. The van der Waals surface area contributed by atoms with Gasteiger partial charge in [0, 0.05) is 47.3 Å². The fourth-order valence-electron chi connectivity index (χ4n) is 6.81. The first kappa shape index (κ1) is 51.9. The summed E-state index contributed by atoms with van der Waals surface area (Å²) in [7, 11) is 0. The Bertz CT molecular complexity index is 2720. The Morgan fingerprint density at radius 2 is 1.10 bits per heavy atom. The summed E-state index contributed by atoms with van der Waals surface area (Å²) in [5.74, 6) is -1.74. The number of hydrogen-bond acceptors (Lipinski definition) is 15. The minimum Gasteiger partial charge on any atom is -0.444 e. The van der Waals surface area contributed by atoms with E-state index in [0.717, 1.165) is 11.1 Å². The van der Waals surface area contributed by atoms with Crippen molar-refractivity contribution in [3.8, 4) is 22.9 Å². The molecule has 0 unspecified atom stereocenters. The lowest BCUT2D eigenvalue weighted by atomic mass is 10.1. The molecule has 4 aromatic carbocycles. The number of fused-ring (bicyclic) bond motifs is 2. The first-order valence-electron chi connectivity index (χ1n) is 21.1. The molecule has 4 heterocycles. The minimum atomic E-state index is -0.917. The number of hydrogen-bond donors (Lipinski definition) is 3. The number of anilines is 3. The van der Waals surface area contributed by atoms with E-state index in [1.54, 1.807) is 90.1 Å². The predicted molar refractivity (Wildman–Crippen MR) is 265 cm³/mol. The van der Waals surface area contributed by atoms with E-state index in [0.29, 0.717) is 31.2 Å². The second kappa shape index (κ2) is 21.6. The molecule has 2 aliphatic rings. The van der Waals surface area contributed by atoms with Crippen LogP contribution >= 0.6 is 62.7 Å². The third kappa shape index (κ3) is 13.3. The maximum Gasteiger partial charge on any atom is 0.408 e. The number of nitrogens with two attached hydrogens (primary N) is 1. The van der Waals surface area contributed by atoms with Crippen molar-refractivity contribution in [1.29, 1.82) is 0 Å². The summed E-state index contributed by atoms with van der Waals surface area (Å²) in [6, 6.07) is 17.6. The highest BCUT2D eigenvalue weighted by molar-refractivity contribution is 9.10. The number of ether oxygens (including phenoxy) is 2. The van der Waals surface area contributed by atoms with Crippen LogP contribution in [-0.2, 0) is 32.2 Å². The Hall–Kier alpha value is -5.94. The number of rotatable bonds is 8. The van der Waals surface area contributed by atoms with E-state index in [-0.39, 0.29) is 70.1 Å². The Balaban J connectivity index is 0.000000206. The van der Waals surface area contributed by atoms with E-state index in [9.17, 15) is 19.2 Å². The number of aromatic nitrogens is 4. The van der Waals surface area contributed by atoms with Gasteiger partial charge in [0.25, 0.3) is 28.4 Å². The summed E-state index contributed by atoms with van der Waals surface area (Å²) in [4.78, 5) is 56.3. The SMILES string of the molecule is CC(C)(C)OC(=O)N[C@H]1CSc2cc(F)c(-c3nnc(Br)o3)cc2N(Cc2ccc(Cl)cc2)C1=O.CC(C)(C)OC(=O)N[C@H]1CSc2cc(F)c(-c3nnc(N)o3)cc2N(Cc2ccc(Cl)cc2)C1=O. The number of amides is 4. The van der Waals surface area contributed by atoms with Crippen LogP contribution in [0.4, 0.5) is 35.8 Å². The number of nitrogen functional groups attached to an aromatic ring is 1. The Morgan fingerprint density at radius 1 is 0.700 bits per heavy atom. The van der Waals surface area contributed by atoms with Gasteiger partial charge in [0.1, 0.15) is 34.9 Å². The molecule has 368 valence electrons. The molecule has 6 aromatic rings. The van der Waals surface area contributed by atoms with Gasteiger partial charge in [-0.2, -0.15) is 0 Å². The van der Waals surface area contributed by atoms with Crippen molar-refractivity contribution in [3.63, 3.8) is 0 Å². The van der Waals surface area contributed by atoms with Crippen molar-refractivity contribution >= 4 is 104 Å². The summed E-state index contributed by atoms with van der Waals surface area (Å²) < 4.78 is 51.2. The minimum absolute atomic E-state index is 0.000933. The van der Waals surface area contributed by atoms with Gasteiger partial charge in [-0.05, 0) is 101 Å². The lowest BCUT2D eigenvalue weighted by Gasteiger charge is -2.27. The number of benzene rings is 4. The first-order chi connectivity index (χ1) is 33.0. The summed E-state index contributed by atoms with van der Waals surface area (Å²) in [6.07, 6.45) is -1.43. The number of carbonyl (C=O) groups excluding carboxylic acids is 4. The molecule has 4 N–H and O–H groups in total. The van der Waals surface area contributed by atoms with Gasteiger partial charge in [-0.25, -0.2) is 18.4 Å². The normalized spacial score (nSPS) is 16.0. The van der Waals surface area contributed by atoms with Crippen LogP contribution in [-0.4, -0.2) is 79.2 Å². The molecule has 2 aromatic heterocycles. The largest absolute Gasteiger partial charge is 0.444 e. The summed E-state index contributed by atoms with van der Waals surface area (Å²) in [5.41, 5.74) is 6.55. The highest BCUT2D eigenvalue weighted by atomic mass is 79.9. The Kier molecular flexibility index (Phi) is 16.0. The van der Waals surface area contributed by atoms with Gasteiger partial charge in [0.05, 0.1) is 35.6 Å². The molecule has 17 nitrogen and oxygen atoms in total. The van der Waals surface area contributed by atoms with Crippen molar-refractivity contribution in [3.05, 3.63) is 110 Å². The quantitative estimate of drug-likeness (QED) is 0.129. The van der Waals surface area contributed by atoms with Crippen LogP contribution in [0.1, 0.15) is 52.7 Å². The van der Waals surface area contributed by atoms with E-state index in [1.807, 2.05) is 0 Å². The van der Waals surface area contributed by atoms with E-state index >= 15 is 8.78 Å². The van der Waals surface area contributed by atoms with E-state index in [2.05, 4.69) is 47.0 Å². The molecular formula is C46H44BrCl2F2N9O8S2. The average molecular weight is 1100 g/mol. The summed E-state index contributed by atoms with van der Waals surface area (Å²) in [6.45, 7) is 10.7. The number of halogens is 5. The fraction of sp³-hybridized carbons (Fsp3) is 0.304. The molecule has 24 heteroatoms. The van der Waals surface area contributed by atoms with Gasteiger partial charge in [-0.1, -0.05) is 52.6 Å². The van der Waals surface area contributed by atoms with Crippen molar-refractivity contribution in [2.75, 3.05) is 27.0 Å². The number of nitrogens with one attached hydrogen (secondary N) is 2. The zero-order valence-corrected chi connectivity index (χ0v) is 42.9. The topological polar surface area (TPSA) is 221 Å². The van der Waals surface area contributed by atoms with Crippen LogP contribution in [0.25, 0.3) is 22.9 Å². The van der Waals surface area contributed by atoms with Gasteiger partial charge in [-0.15, -0.1) is 38.8 Å². The number of alkyl carbamates (subject to hydrolysis) is 2. The molecule has 0 spiro atoms. The second-order valence-electron chi connectivity index (χ2n) is 17.5. The molecule has 0 saturated heterocycles. The lowest BCUT2D eigenvalue weighted by Crippen LogP contribution is -2.50. The van der Waals surface area contributed by atoms with Crippen LogP contribution in [0.3, 0.4) is 0 Å². The van der Waals surface area contributed by atoms with Gasteiger partial charge in [0.15, 0.2) is 0 Å². The molecule has 0 fully saturated rings. The standard InChI is InChI=1S/C23H21BrClFN4O4S.C23H23ClFN5O4S/c1-23(2,3)34-22(32)27-16-11-35-18-9-15(26)14(19-28-29-21(24)33-19)8-17(18)30(20(16)31)10-12-4-6-13(25)7-5-12;1-23(2,3)34-22(32)27-16-11-35-18-9-15(25)14(19-28-29-21(26)33-19)8-17(18)30(20(16)31)10-12-4-6-13(24)7-5-12/h4-9,16H,10-11H2,1-3H3,(H,27,32);4-9,16H,10-11H2,1-3H3,(H2,26,29)(H,27,32)/t2*16-/m00/s1. The van der Waals surface area contributed by atoms with Gasteiger partial charge in [-0.3, -0.25) is 9.59 Å². The molecule has 0 radical (unpaired) electrons. The van der Waals surface area contributed by atoms with Crippen molar-refractivity contribution < 1.29 is 46.3 Å². The highest BCUT2D eigenvalue weighted by Gasteiger charge is 2.36. The third-order valence-corrected chi connectivity index (χ3v) is 12.9. The second-order valence-corrected chi connectivity index (χ2v) is 21.2. The van der Waals surface area contributed by atoms with E-state index < -0.39 is 47.1 Å². The van der Waals surface area contributed by atoms with Gasteiger partial charge < -0.3 is 44.5 Å². The molecule has 8 rings (SSSR count). The molecule has 0 aliphatic carbocycles. The van der Waals surface area contributed by atoms with Crippen LogP contribution in [0, 0.1) is 11.6 Å². The summed E-state index contributed by atoms with van der Waals surface area (Å²) >= 11 is 17.6. The highest BCUT2D eigenvalue weighted by Crippen LogP contribution is 2.42. The monoisotopic (exact) mass is 1100 g/mol. The summed E-state index contributed by atoms with van der Waals surface area (Å²) in [5, 5.41) is 21.3. The van der Waals surface area contributed by atoms with Crippen LogP contribution in [0.15, 0.2) is 96.2 Å². The van der Waals surface area contributed by atoms with Gasteiger partial charge >= 0.3 is 18.2 Å². The third-order valence-electron chi connectivity index (χ3n) is 9.81. The molecule has 0 saturated carbocycles. The Labute approximate surface area is 427 Å². The van der Waals surface area contributed by atoms with E-state index in [4.69, 9.17) is 47.2 Å². The maximum atomic E-state index is 15.0. The van der Waals surface area contributed by atoms with Crippen molar-refractivity contribution in [2.24, 2.45) is 0 Å². The first-order valence-corrected chi connectivity index (χ1v) is 24.6.